The Bertz CT molecular complexity index is 301. The lowest BCUT2D eigenvalue weighted by Gasteiger charge is -2.14. The lowest BCUT2D eigenvalue weighted by molar-refractivity contribution is -0.286. The summed E-state index contributed by atoms with van der Waals surface area (Å²) >= 11 is 0. The molecule has 0 aromatic carbocycles. The van der Waals surface area contributed by atoms with Gasteiger partial charge in [-0.05, 0) is 31.4 Å². The molecule has 0 aliphatic heterocycles. The molecule has 0 saturated carbocycles. The molecule has 0 heterocycles. The third-order valence-corrected chi connectivity index (χ3v) is 2.35. The lowest BCUT2D eigenvalue weighted by Crippen LogP contribution is -2.17. The molecular weight excluding hydrogens is 232 g/mol. The Morgan fingerprint density at radius 2 is 2.06 bits per heavy atom. The van der Waals surface area contributed by atoms with E-state index in [0.29, 0.717) is 5.76 Å². The summed E-state index contributed by atoms with van der Waals surface area (Å²) in [6.07, 6.45) is 12.2. The predicted octanol–water partition coefficient (Wildman–Crippen LogP) is 3.78. The summed E-state index contributed by atoms with van der Waals surface area (Å²) in [6, 6.07) is 0. The van der Waals surface area contributed by atoms with E-state index in [1.807, 2.05) is 0 Å². The van der Waals surface area contributed by atoms with Crippen LogP contribution in [0.4, 0.5) is 4.79 Å². The van der Waals surface area contributed by atoms with Gasteiger partial charge in [-0.15, -0.1) is 0 Å². The van der Waals surface area contributed by atoms with Gasteiger partial charge in [-0.25, -0.2) is 4.79 Å². The van der Waals surface area contributed by atoms with Crippen molar-refractivity contribution in [3.05, 3.63) is 36.8 Å². The van der Waals surface area contributed by atoms with Gasteiger partial charge >= 0.3 is 6.16 Å². The van der Waals surface area contributed by atoms with Crippen LogP contribution in [0.3, 0.4) is 0 Å². The fourth-order valence-corrected chi connectivity index (χ4v) is 1.55. The summed E-state index contributed by atoms with van der Waals surface area (Å²) in [5.41, 5.74) is 0. The molecule has 0 aromatic rings. The molecule has 0 fully saturated rings. The van der Waals surface area contributed by atoms with E-state index in [1.54, 1.807) is 24.6 Å². The Kier molecular flexibility index (Phi) is 7.18. The summed E-state index contributed by atoms with van der Waals surface area (Å²) in [5, 5.41) is 0. The van der Waals surface area contributed by atoms with Crippen LogP contribution in [-0.4, -0.2) is 12.3 Å². The molecule has 0 spiro atoms. The van der Waals surface area contributed by atoms with Crippen molar-refractivity contribution in [3.63, 3.8) is 0 Å². The molecule has 0 atom stereocenters. The monoisotopic (exact) mass is 251 g/mol. The van der Waals surface area contributed by atoms with E-state index in [1.165, 1.54) is 0 Å². The Hall–Kier alpha value is -1.29. The van der Waals surface area contributed by atoms with Crippen LogP contribution in [0.2, 0.25) is 0 Å². The third-order valence-electron chi connectivity index (χ3n) is 2.35. The van der Waals surface area contributed by atoms with Crippen molar-refractivity contribution >= 4 is 6.16 Å². The quantitative estimate of drug-likeness (QED) is 0.392. The predicted molar refractivity (Wildman–Crippen MR) is 67.0 cm³/mol. The first kappa shape index (κ1) is 14.8. The molecule has 99 valence electrons. The lowest BCUT2D eigenvalue weighted by atomic mass is 10.1. The molecule has 0 amide bonds. The summed E-state index contributed by atoms with van der Waals surface area (Å²) in [7, 11) is 0. The maximum Gasteiger partial charge on any atom is 0.546 e. The maximum absolute atomic E-state index is 11.3. The third kappa shape index (κ3) is 5.87. The zero-order valence-corrected chi connectivity index (χ0v) is 10.8. The molecule has 0 aromatic heterocycles. The topological polar surface area (TPSA) is 44.8 Å². The molecule has 0 unspecified atom stereocenters. The average Bonchev–Trinajstić information content (AvgIpc) is 2.38. The standard InChI is InChI=1S/C14H19O4/c1-3-8-13(9-4-2)17-18-14(15)16-12-10-6-5-7-11-12/h5-6,10-11,13H,3-4,8-9H2,1-2H3. The van der Waals surface area contributed by atoms with Gasteiger partial charge in [-0.2, -0.15) is 4.89 Å². The summed E-state index contributed by atoms with van der Waals surface area (Å²) in [6.45, 7) is 4.12. The molecule has 3 radical (unpaired) electrons. The Labute approximate surface area is 109 Å². The van der Waals surface area contributed by atoms with E-state index >= 15 is 0 Å². The van der Waals surface area contributed by atoms with Crippen LogP contribution < -0.4 is 0 Å². The van der Waals surface area contributed by atoms with Crippen LogP contribution in [0.25, 0.3) is 0 Å². The molecule has 4 nitrogen and oxygen atoms in total. The van der Waals surface area contributed by atoms with Gasteiger partial charge in [0.15, 0.2) is 0 Å². The number of hydrogen-bond donors (Lipinski definition) is 0. The highest BCUT2D eigenvalue weighted by Crippen LogP contribution is 2.13. The highest BCUT2D eigenvalue weighted by molar-refractivity contribution is 5.61. The van der Waals surface area contributed by atoms with Crippen LogP contribution in [0, 0.1) is 12.8 Å². The molecule has 4 heteroatoms. The van der Waals surface area contributed by atoms with Crippen molar-refractivity contribution < 1.29 is 19.3 Å². The van der Waals surface area contributed by atoms with E-state index in [0.717, 1.165) is 25.7 Å². The fourth-order valence-electron chi connectivity index (χ4n) is 1.55. The SMILES string of the molecule is CCCC(CCC)OOC(=O)OC1=C[C][CH]C=C1. The largest absolute Gasteiger partial charge is 0.546 e. The van der Waals surface area contributed by atoms with E-state index in [-0.39, 0.29) is 6.10 Å². The van der Waals surface area contributed by atoms with Crippen molar-refractivity contribution in [1.82, 2.24) is 0 Å². The number of carbonyl (C=O) groups is 1. The van der Waals surface area contributed by atoms with Crippen LogP contribution in [0.15, 0.2) is 24.0 Å². The van der Waals surface area contributed by atoms with Crippen molar-refractivity contribution in [2.45, 2.75) is 45.6 Å². The second kappa shape index (κ2) is 8.75. The molecule has 1 aliphatic rings. The second-order valence-electron chi connectivity index (χ2n) is 3.97. The van der Waals surface area contributed by atoms with Crippen LogP contribution in [-0.2, 0) is 14.5 Å². The highest BCUT2D eigenvalue weighted by atomic mass is 17.2. The molecule has 0 saturated heterocycles. The first-order valence-electron chi connectivity index (χ1n) is 6.27. The van der Waals surface area contributed by atoms with E-state index in [4.69, 9.17) is 9.62 Å². The Balaban J connectivity index is 2.26. The first-order valence-corrected chi connectivity index (χ1v) is 6.27. The highest BCUT2D eigenvalue weighted by Gasteiger charge is 2.14. The Morgan fingerprint density at radius 3 is 2.61 bits per heavy atom. The number of rotatable bonds is 7. The molecule has 0 bridgehead atoms. The second-order valence-corrected chi connectivity index (χ2v) is 3.97. The number of hydrogen-bond acceptors (Lipinski definition) is 4. The van der Waals surface area contributed by atoms with Gasteiger partial charge in [0.2, 0.25) is 0 Å². The van der Waals surface area contributed by atoms with Crippen molar-refractivity contribution in [1.29, 1.82) is 0 Å². The normalized spacial score (nSPS) is 14.5. The zero-order chi connectivity index (χ0) is 13.2. The van der Waals surface area contributed by atoms with Crippen molar-refractivity contribution in [3.8, 4) is 0 Å². The van der Waals surface area contributed by atoms with Crippen molar-refractivity contribution in [2.24, 2.45) is 0 Å². The van der Waals surface area contributed by atoms with Crippen LogP contribution in [0.1, 0.15) is 39.5 Å². The Morgan fingerprint density at radius 1 is 1.33 bits per heavy atom. The van der Waals surface area contributed by atoms with Gasteiger partial charge in [-0.1, -0.05) is 32.8 Å². The minimum atomic E-state index is -0.855. The summed E-state index contributed by atoms with van der Waals surface area (Å²) in [4.78, 5) is 21.1. The number of allylic oxidation sites excluding steroid dienone is 3. The number of carbonyl (C=O) groups excluding carboxylic acids is 1. The first-order chi connectivity index (χ1) is 8.76. The molecule has 0 N–H and O–H groups in total. The fraction of sp³-hybridized carbons (Fsp3) is 0.500. The van der Waals surface area contributed by atoms with Gasteiger partial charge < -0.3 is 4.74 Å². The van der Waals surface area contributed by atoms with Crippen LogP contribution >= 0.6 is 0 Å². The van der Waals surface area contributed by atoms with Gasteiger partial charge in [0, 0.05) is 6.42 Å². The van der Waals surface area contributed by atoms with E-state index < -0.39 is 6.16 Å². The van der Waals surface area contributed by atoms with Gasteiger partial charge in [0.1, 0.15) is 11.9 Å². The summed E-state index contributed by atoms with van der Waals surface area (Å²) in [5.74, 6) is 0.383. The minimum Gasteiger partial charge on any atom is -0.393 e. The minimum absolute atomic E-state index is 0.0603. The van der Waals surface area contributed by atoms with Crippen LogP contribution in [0.5, 0.6) is 0 Å². The van der Waals surface area contributed by atoms with Crippen molar-refractivity contribution in [2.75, 3.05) is 0 Å². The molecule has 18 heavy (non-hydrogen) atoms. The number of ether oxygens (including phenoxy) is 1. The maximum atomic E-state index is 11.3. The van der Waals surface area contributed by atoms with E-state index in [9.17, 15) is 4.79 Å². The van der Waals surface area contributed by atoms with E-state index in [2.05, 4.69) is 25.2 Å². The average molecular weight is 251 g/mol. The molecule has 1 aliphatic carbocycles. The smallest absolute Gasteiger partial charge is 0.393 e. The summed E-state index contributed by atoms with van der Waals surface area (Å²) < 4.78 is 4.90. The molecule has 1 rings (SSSR count). The van der Waals surface area contributed by atoms with Gasteiger partial charge in [-0.3, -0.25) is 4.89 Å². The van der Waals surface area contributed by atoms with Gasteiger partial charge in [0.05, 0.1) is 0 Å². The molecular formula is C14H19O4. The van der Waals surface area contributed by atoms with Gasteiger partial charge in [0.25, 0.3) is 0 Å². The zero-order valence-electron chi connectivity index (χ0n) is 10.8.